The molecule has 0 radical (unpaired) electrons. The number of benzene rings is 2. The second-order valence-electron chi connectivity index (χ2n) is 7.31. The van der Waals surface area contributed by atoms with Crippen molar-refractivity contribution in [3.8, 4) is 11.4 Å². The number of carbonyl (C=O) groups excluding carboxylic acids is 1. The number of nitrogens with zero attached hydrogens (tertiary/aromatic N) is 3. The summed E-state index contributed by atoms with van der Waals surface area (Å²) in [5.74, 6) is 0.636. The molecule has 2 aromatic carbocycles. The maximum atomic E-state index is 13.2. The summed E-state index contributed by atoms with van der Waals surface area (Å²) in [6.07, 6.45) is 0. The van der Waals surface area contributed by atoms with Gasteiger partial charge in [-0.2, -0.15) is 5.10 Å². The highest BCUT2D eigenvalue weighted by Gasteiger charge is 2.21. The van der Waals surface area contributed by atoms with Gasteiger partial charge in [-0.1, -0.05) is 30.3 Å². The number of nitrogens with one attached hydrogen (secondary N) is 1. The molecule has 152 valence electrons. The van der Waals surface area contributed by atoms with Gasteiger partial charge in [-0.05, 0) is 56.7 Å². The maximum Gasteiger partial charge on any atom is 0.252 e. The quantitative estimate of drug-likeness (QED) is 0.534. The van der Waals surface area contributed by atoms with Crippen molar-refractivity contribution in [1.82, 2.24) is 20.1 Å². The van der Waals surface area contributed by atoms with Crippen LogP contribution in [0.15, 0.2) is 60.7 Å². The molecule has 0 fully saturated rings. The molecule has 0 bridgehead atoms. The zero-order valence-electron chi connectivity index (χ0n) is 17.5. The Labute approximate surface area is 175 Å². The van der Waals surface area contributed by atoms with Gasteiger partial charge in [0.05, 0.1) is 35.5 Å². The summed E-state index contributed by atoms with van der Waals surface area (Å²) >= 11 is 0. The Kier molecular flexibility index (Phi) is 5.23. The molecule has 0 spiro atoms. The number of methoxy groups -OCH3 is 1. The SMILES string of the molecule is COc1ccc(C(C)NC(=O)c2cc(C)nc3c2c(C)nn3-c2ccccc2)cc1. The predicted octanol–water partition coefficient (Wildman–Crippen LogP) is 4.54. The van der Waals surface area contributed by atoms with Crippen LogP contribution in [0.5, 0.6) is 5.75 Å². The van der Waals surface area contributed by atoms with E-state index in [9.17, 15) is 4.79 Å². The topological polar surface area (TPSA) is 69.0 Å². The van der Waals surface area contributed by atoms with Crippen molar-refractivity contribution >= 4 is 16.9 Å². The van der Waals surface area contributed by atoms with E-state index < -0.39 is 0 Å². The van der Waals surface area contributed by atoms with Crippen molar-refractivity contribution in [3.05, 3.63) is 83.2 Å². The first-order valence-electron chi connectivity index (χ1n) is 9.85. The Morgan fingerprint density at radius 2 is 1.77 bits per heavy atom. The molecule has 6 nitrogen and oxygen atoms in total. The number of carbonyl (C=O) groups is 1. The molecular formula is C24H24N4O2. The third-order valence-corrected chi connectivity index (χ3v) is 5.15. The van der Waals surface area contributed by atoms with E-state index >= 15 is 0 Å². The van der Waals surface area contributed by atoms with Gasteiger partial charge < -0.3 is 10.1 Å². The third-order valence-electron chi connectivity index (χ3n) is 5.15. The third kappa shape index (κ3) is 3.64. The van der Waals surface area contributed by atoms with Gasteiger partial charge in [-0.3, -0.25) is 4.79 Å². The normalized spacial score (nSPS) is 12.0. The molecule has 4 aromatic rings. The Bertz CT molecular complexity index is 1200. The Morgan fingerprint density at radius 1 is 1.07 bits per heavy atom. The van der Waals surface area contributed by atoms with Crippen LogP contribution in [0, 0.1) is 13.8 Å². The number of aromatic nitrogens is 3. The number of fused-ring (bicyclic) bond motifs is 1. The van der Waals surface area contributed by atoms with E-state index in [4.69, 9.17) is 4.74 Å². The molecule has 6 heteroatoms. The number of pyridine rings is 1. The molecule has 0 aliphatic rings. The molecule has 1 amide bonds. The lowest BCUT2D eigenvalue weighted by Crippen LogP contribution is -2.27. The molecule has 2 heterocycles. The molecule has 4 rings (SSSR count). The summed E-state index contributed by atoms with van der Waals surface area (Å²) in [6, 6.07) is 19.2. The maximum absolute atomic E-state index is 13.2. The number of hydrogen-bond donors (Lipinski definition) is 1. The van der Waals surface area contributed by atoms with E-state index in [0.717, 1.165) is 33.8 Å². The lowest BCUT2D eigenvalue weighted by molar-refractivity contribution is 0.0941. The Hall–Kier alpha value is -3.67. The Morgan fingerprint density at radius 3 is 2.43 bits per heavy atom. The van der Waals surface area contributed by atoms with Gasteiger partial charge in [0.1, 0.15) is 5.75 Å². The minimum Gasteiger partial charge on any atom is -0.497 e. The first kappa shape index (κ1) is 19.6. The number of hydrogen-bond acceptors (Lipinski definition) is 4. The predicted molar refractivity (Wildman–Crippen MR) is 117 cm³/mol. The van der Waals surface area contributed by atoms with E-state index in [-0.39, 0.29) is 11.9 Å². The number of ether oxygens (including phenoxy) is 1. The van der Waals surface area contributed by atoms with Crippen molar-refractivity contribution in [3.63, 3.8) is 0 Å². The summed E-state index contributed by atoms with van der Waals surface area (Å²) in [6.45, 7) is 5.76. The van der Waals surface area contributed by atoms with Crippen LogP contribution in [0.3, 0.4) is 0 Å². The number of rotatable bonds is 5. The van der Waals surface area contributed by atoms with Crippen LogP contribution in [-0.2, 0) is 0 Å². The molecule has 0 saturated heterocycles. The van der Waals surface area contributed by atoms with Crippen LogP contribution in [0.4, 0.5) is 0 Å². The van der Waals surface area contributed by atoms with Crippen LogP contribution in [0.1, 0.15) is 40.3 Å². The number of para-hydroxylation sites is 1. The molecule has 1 unspecified atom stereocenters. The standard InChI is InChI=1S/C24H24N4O2/c1-15-14-21(24(29)26-16(2)18-10-12-20(30-4)13-11-18)22-17(3)27-28(23(22)25-15)19-8-6-5-7-9-19/h5-14,16H,1-4H3,(H,26,29). The van der Waals surface area contributed by atoms with Gasteiger partial charge in [0.25, 0.3) is 5.91 Å². The van der Waals surface area contributed by atoms with Crippen molar-refractivity contribution < 1.29 is 9.53 Å². The first-order chi connectivity index (χ1) is 14.5. The highest BCUT2D eigenvalue weighted by molar-refractivity contribution is 6.07. The molecule has 1 N–H and O–H groups in total. The summed E-state index contributed by atoms with van der Waals surface area (Å²) in [4.78, 5) is 17.9. The van der Waals surface area contributed by atoms with Gasteiger partial charge in [0, 0.05) is 5.69 Å². The minimum atomic E-state index is -0.156. The lowest BCUT2D eigenvalue weighted by Gasteiger charge is -2.15. The average Bonchev–Trinajstić information content (AvgIpc) is 3.09. The number of aryl methyl sites for hydroxylation is 2. The zero-order chi connectivity index (χ0) is 21.3. The fraction of sp³-hybridized carbons (Fsp3) is 0.208. The zero-order valence-corrected chi connectivity index (χ0v) is 17.5. The molecule has 1 atom stereocenters. The highest BCUT2D eigenvalue weighted by atomic mass is 16.5. The number of amides is 1. The molecule has 2 aromatic heterocycles. The van der Waals surface area contributed by atoms with Gasteiger partial charge in [-0.25, -0.2) is 9.67 Å². The molecule has 30 heavy (non-hydrogen) atoms. The van der Waals surface area contributed by atoms with Crippen molar-refractivity contribution in [1.29, 1.82) is 0 Å². The van der Waals surface area contributed by atoms with Gasteiger partial charge >= 0.3 is 0 Å². The highest BCUT2D eigenvalue weighted by Crippen LogP contribution is 2.26. The van der Waals surface area contributed by atoms with E-state index in [1.807, 2.05) is 81.4 Å². The Balaban J connectivity index is 1.71. The van der Waals surface area contributed by atoms with Gasteiger partial charge in [0.15, 0.2) is 5.65 Å². The second-order valence-corrected chi connectivity index (χ2v) is 7.31. The average molecular weight is 400 g/mol. The van der Waals surface area contributed by atoms with Crippen LogP contribution in [0.2, 0.25) is 0 Å². The summed E-state index contributed by atoms with van der Waals surface area (Å²) in [5.41, 5.74) is 4.71. The smallest absolute Gasteiger partial charge is 0.252 e. The summed E-state index contributed by atoms with van der Waals surface area (Å²) in [5, 5.41) is 8.53. The van der Waals surface area contributed by atoms with Crippen LogP contribution < -0.4 is 10.1 Å². The van der Waals surface area contributed by atoms with E-state index in [1.165, 1.54) is 0 Å². The van der Waals surface area contributed by atoms with E-state index in [2.05, 4.69) is 15.4 Å². The largest absolute Gasteiger partial charge is 0.497 e. The fourth-order valence-electron chi connectivity index (χ4n) is 3.59. The van der Waals surface area contributed by atoms with E-state index in [0.29, 0.717) is 11.2 Å². The van der Waals surface area contributed by atoms with Gasteiger partial charge in [0.2, 0.25) is 0 Å². The minimum absolute atomic E-state index is 0.149. The van der Waals surface area contributed by atoms with Crippen LogP contribution in [-0.4, -0.2) is 27.8 Å². The lowest BCUT2D eigenvalue weighted by atomic mass is 10.1. The molecular weight excluding hydrogens is 376 g/mol. The monoisotopic (exact) mass is 400 g/mol. The molecule has 0 saturated carbocycles. The van der Waals surface area contributed by atoms with Crippen molar-refractivity contribution in [2.24, 2.45) is 0 Å². The van der Waals surface area contributed by atoms with Crippen LogP contribution in [0.25, 0.3) is 16.7 Å². The fourth-order valence-corrected chi connectivity index (χ4v) is 3.59. The van der Waals surface area contributed by atoms with Crippen molar-refractivity contribution in [2.45, 2.75) is 26.8 Å². The van der Waals surface area contributed by atoms with Crippen LogP contribution >= 0.6 is 0 Å². The first-order valence-corrected chi connectivity index (χ1v) is 9.85. The summed E-state index contributed by atoms with van der Waals surface area (Å²) < 4.78 is 7.00. The summed E-state index contributed by atoms with van der Waals surface area (Å²) in [7, 11) is 1.63. The van der Waals surface area contributed by atoms with Crippen molar-refractivity contribution in [2.75, 3.05) is 7.11 Å². The van der Waals surface area contributed by atoms with Gasteiger partial charge in [-0.15, -0.1) is 0 Å². The molecule has 0 aliphatic carbocycles. The molecule has 0 aliphatic heterocycles. The second kappa shape index (κ2) is 7.99. The van der Waals surface area contributed by atoms with E-state index in [1.54, 1.807) is 11.8 Å².